The lowest BCUT2D eigenvalue weighted by Gasteiger charge is -2.27. The van der Waals surface area contributed by atoms with Crippen molar-refractivity contribution in [2.24, 2.45) is 0 Å². The van der Waals surface area contributed by atoms with Gasteiger partial charge < -0.3 is 0 Å². The Hall–Kier alpha value is -1.91. The first-order valence-electron chi connectivity index (χ1n) is 10.3. The summed E-state index contributed by atoms with van der Waals surface area (Å²) in [7, 11) is -0.973. The molecule has 0 radical (unpaired) electrons. The van der Waals surface area contributed by atoms with Crippen molar-refractivity contribution < 1.29 is 0 Å². The molecule has 0 aliphatic carbocycles. The van der Waals surface area contributed by atoms with Crippen LogP contribution in [0.15, 0.2) is 91.0 Å². The predicted octanol–water partition coefficient (Wildman–Crippen LogP) is 6.75. The van der Waals surface area contributed by atoms with E-state index >= 15 is 0 Å². The van der Waals surface area contributed by atoms with E-state index in [9.17, 15) is 0 Å². The molecule has 0 aromatic heterocycles. The molecule has 0 saturated heterocycles. The van der Waals surface area contributed by atoms with E-state index in [4.69, 9.17) is 0 Å². The van der Waals surface area contributed by atoms with Gasteiger partial charge in [0.25, 0.3) is 0 Å². The van der Waals surface area contributed by atoms with Crippen molar-refractivity contribution in [2.45, 2.75) is 26.2 Å². The molecule has 0 atom stereocenters. The van der Waals surface area contributed by atoms with Crippen LogP contribution in [0.1, 0.15) is 23.6 Å². The third kappa shape index (κ3) is 6.33. The number of hydrogen-bond donors (Lipinski definition) is 0. The SMILES string of the molecule is CC[P+](CCc1ccccc1)(CCc1ccccc1)CCc1ccccc1. The highest BCUT2D eigenvalue weighted by molar-refractivity contribution is 7.75. The maximum atomic E-state index is 2.44. The number of benzene rings is 3. The van der Waals surface area contributed by atoms with Crippen LogP contribution >= 0.6 is 7.26 Å². The van der Waals surface area contributed by atoms with E-state index in [1.54, 1.807) is 0 Å². The Bertz CT molecular complexity index is 659. The van der Waals surface area contributed by atoms with Crippen LogP contribution in [0.5, 0.6) is 0 Å². The summed E-state index contributed by atoms with van der Waals surface area (Å²) in [5.74, 6) is 0. The van der Waals surface area contributed by atoms with Gasteiger partial charge >= 0.3 is 0 Å². The van der Waals surface area contributed by atoms with Crippen LogP contribution in [0.4, 0.5) is 0 Å². The minimum absolute atomic E-state index is 0.973. The number of rotatable bonds is 10. The fourth-order valence-corrected chi connectivity index (χ4v) is 7.66. The quantitative estimate of drug-likeness (QED) is 0.344. The lowest BCUT2D eigenvalue weighted by Crippen LogP contribution is -2.15. The fourth-order valence-electron chi connectivity index (χ4n) is 3.84. The van der Waals surface area contributed by atoms with E-state index in [1.807, 2.05) is 0 Å². The zero-order valence-corrected chi connectivity index (χ0v) is 17.5. The van der Waals surface area contributed by atoms with Gasteiger partial charge in [0.1, 0.15) is 0 Å². The van der Waals surface area contributed by atoms with Crippen molar-refractivity contribution in [3.63, 3.8) is 0 Å². The van der Waals surface area contributed by atoms with Crippen molar-refractivity contribution in [1.82, 2.24) is 0 Å². The lowest BCUT2D eigenvalue weighted by molar-refractivity contribution is 1.03. The average Bonchev–Trinajstić information content (AvgIpc) is 2.76. The summed E-state index contributed by atoms with van der Waals surface area (Å²) in [5.41, 5.74) is 4.49. The molecule has 0 aliphatic rings. The second-order valence-electron chi connectivity index (χ2n) is 7.54. The van der Waals surface area contributed by atoms with Gasteiger partial charge in [0.2, 0.25) is 0 Å². The summed E-state index contributed by atoms with van der Waals surface area (Å²) >= 11 is 0. The minimum Gasteiger partial charge on any atom is -0.0622 e. The van der Waals surface area contributed by atoms with Gasteiger partial charge in [-0.05, 0) is 23.6 Å². The van der Waals surface area contributed by atoms with Gasteiger partial charge in [-0.2, -0.15) is 0 Å². The van der Waals surface area contributed by atoms with Crippen LogP contribution in [0, 0.1) is 0 Å². The van der Waals surface area contributed by atoms with Gasteiger partial charge in [0, 0.05) is 26.5 Å². The summed E-state index contributed by atoms with van der Waals surface area (Å²) in [6, 6.07) is 33.2. The normalized spacial score (nSPS) is 11.4. The van der Waals surface area contributed by atoms with E-state index in [1.165, 1.54) is 60.6 Å². The summed E-state index contributed by atoms with van der Waals surface area (Å²) in [6.07, 6.45) is 9.19. The zero-order valence-electron chi connectivity index (χ0n) is 16.6. The Morgan fingerprint density at radius 3 is 1.04 bits per heavy atom. The van der Waals surface area contributed by atoms with Gasteiger partial charge in [0.05, 0.1) is 24.6 Å². The zero-order chi connectivity index (χ0) is 18.8. The van der Waals surface area contributed by atoms with Gasteiger partial charge in [-0.15, -0.1) is 0 Å². The molecule has 0 unspecified atom stereocenters. The van der Waals surface area contributed by atoms with E-state index < -0.39 is 7.26 Å². The second-order valence-corrected chi connectivity index (χ2v) is 12.2. The predicted molar refractivity (Wildman–Crippen MR) is 123 cm³/mol. The summed E-state index contributed by atoms with van der Waals surface area (Å²) < 4.78 is 0. The Morgan fingerprint density at radius 2 is 0.778 bits per heavy atom. The van der Waals surface area contributed by atoms with Crippen molar-refractivity contribution in [1.29, 1.82) is 0 Å². The van der Waals surface area contributed by atoms with Crippen LogP contribution in [-0.2, 0) is 19.3 Å². The molecule has 0 saturated carbocycles. The molecule has 27 heavy (non-hydrogen) atoms. The van der Waals surface area contributed by atoms with Gasteiger partial charge in [0.15, 0.2) is 0 Å². The Kier molecular flexibility index (Phi) is 7.66. The van der Waals surface area contributed by atoms with E-state index in [0.717, 1.165) is 0 Å². The van der Waals surface area contributed by atoms with Crippen molar-refractivity contribution in [3.8, 4) is 0 Å². The van der Waals surface area contributed by atoms with Crippen LogP contribution in [0.2, 0.25) is 0 Å². The maximum Gasteiger partial charge on any atom is 0.0634 e. The highest BCUT2D eigenvalue weighted by Gasteiger charge is 2.34. The average molecular weight is 376 g/mol. The minimum atomic E-state index is -0.973. The Morgan fingerprint density at radius 1 is 0.481 bits per heavy atom. The monoisotopic (exact) mass is 375 g/mol. The molecule has 0 N–H and O–H groups in total. The van der Waals surface area contributed by atoms with Gasteiger partial charge in [-0.25, -0.2) is 0 Å². The highest BCUT2D eigenvalue weighted by Crippen LogP contribution is 2.59. The van der Waals surface area contributed by atoms with E-state index in [-0.39, 0.29) is 0 Å². The van der Waals surface area contributed by atoms with Crippen molar-refractivity contribution in [3.05, 3.63) is 108 Å². The summed E-state index contributed by atoms with van der Waals surface area (Å²) in [6.45, 7) is 2.44. The van der Waals surface area contributed by atoms with Crippen LogP contribution in [-0.4, -0.2) is 24.6 Å². The molecule has 0 spiro atoms. The lowest BCUT2D eigenvalue weighted by atomic mass is 10.2. The largest absolute Gasteiger partial charge is 0.0634 e. The standard InChI is InChI=1S/C26H32P/c1-2-27(21-18-24-12-6-3-7-13-24,22-19-25-14-8-4-9-15-25)23-20-26-16-10-5-11-17-26/h3-17H,2,18-23H2,1H3/q+1. The van der Waals surface area contributed by atoms with Crippen molar-refractivity contribution in [2.75, 3.05) is 24.6 Å². The first kappa shape index (κ1) is 19.8. The summed E-state index contributed by atoms with van der Waals surface area (Å²) in [4.78, 5) is 0. The van der Waals surface area contributed by atoms with Crippen LogP contribution in [0.3, 0.4) is 0 Å². The molecular formula is C26H32P+. The second kappa shape index (κ2) is 10.4. The van der Waals surface area contributed by atoms with Crippen LogP contribution < -0.4 is 0 Å². The van der Waals surface area contributed by atoms with E-state index in [2.05, 4.69) is 97.9 Å². The van der Waals surface area contributed by atoms with Gasteiger partial charge in [-0.3, -0.25) is 0 Å². The summed E-state index contributed by atoms with van der Waals surface area (Å²) in [5, 5.41) is 0. The topological polar surface area (TPSA) is 0 Å². The Labute approximate surface area is 166 Å². The molecule has 0 amide bonds. The van der Waals surface area contributed by atoms with Crippen molar-refractivity contribution >= 4 is 7.26 Å². The molecule has 0 aliphatic heterocycles. The van der Waals surface area contributed by atoms with Crippen LogP contribution in [0.25, 0.3) is 0 Å². The fraction of sp³-hybridized carbons (Fsp3) is 0.308. The first-order valence-corrected chi connectivity index (χ1v) is 12.8. The molecule has 0 bridgehead atoms. The molecule has 3 aromatic rings. The molecule has 3 rings (SSSR count). The first-order chi connectivity index (χ1) is 13.3. The smallest absolute Gasteiger partial charge is 0.0622 e. The molecule has 1 heteroatoms. The molecule has 0 fully saturated rings. The third-order valence-corrected chi connectivity index (χ3v) is 10.7. The number of hydrogen-bond acceptors (Lipinski definition) is 0. The maximum absolute atomic E-state index is 2.44. The van der Waals surface area contributed by atoms with Gasteiger partial charge in [-0.1, -0.05) is 91.0 Å². The molecular weight excluding hydrogens is 343 g/mol. The van der Waals surface area contributed by atoms with E-state index in [0.29, 0.717) is 0 Å². The Balaban J connectivity index is 1.70. The number of aryl methyl sites for hydroxylation is 3. The highest BCUT2D eigenvalue weighted by atomic mass is 31.2. The molecule has 0 nitrogen and oxygen atoms in total. The third-order valence-electron chi connectivity index (χ3n) is 5.82. The molecule has 0 heterocycles. The molecule has 3 aromatic carbocycles. The molecule has 140 valence electrons.